The number of hydrogen-bond acceptors (Lipinski definition) is 3. The molecular weight excluding hydrogens is 226 g/mol. The van der Waals surface area contributed by atoms with Crippen molar-refractivity contribution in [1.29, 1.82) is 0 Å². The Balaban J connectivity index is 2.11. The standard InChI is InChI=1S/C11H13NO3S/c13-11(12-7-4-8-12)9-16(14,15)10-5-2-1-3-6-10/h1-3,5-6H,4,7-9H2. The number of benzene rings is 1. The zero-order valence-corrected chi connectivity index (χ0v) is 9.61. The molecule has 2 rings (SSSR count). The summed E-state index contributed by atoms with van der Waals surface area (Å²) in [5.41, 5.74) is 0. The van der Waals surface area contributed by atoms with Crippen molar-refractivity contribution in [3.8, 4) is 0 Å². The van der Waals surface area contributed by atoms with Crippen molar-refractivity contribution in [1.82, 2.24) is 4.90 Å². The van der Waals surface area contributed by atoms with Crippen LogP contribution in [0.15, 0.2) is 35.2 Å². The van der Waals surface area contributed by atoms with E-state index in [-0.39, 0.29) is 10.8 Å². The molecule has 0 atom stereocenters. The van der Waals surface area contributed by atoms with Gasteiger partial charge in [-0.05, 0) is 18.6 Å². The third-order valence-electron chi connectivity index (χ3n) is 2.62. The molecule has 1 aliphatic heterocycles. The maximum Gasteiger partial charge on any atom is 0.238 e. The predicted octanol–water partition coefficient (Wildman–Crippen LogP) is 0.693. The first-order valence-electron chi connectivity index (χ1n) is 5.15. The Kier molecular flexibility index (Phi) is 2.96. The number of rotatable bonds is 3. The average Bonchev–Trinajstić information content (AvgIpc) is 2.15. The Bertz CT molecular complexity index is 477. The molecule has 0 N–H and O–H groups in total. The molecule has 16 heavy (non-hydrogen) atoms. The quantitative estimate of drug-likeness (QED) is 0.780. The van der Waals surface area contributed by atoms with E-state index in [0.717, 1.165) is 6.42 Å². The van der Waals surface area contributed by atoms with Crippen LogP contribution in [-0.2, 0) is 14.6 Å². The van der Waals surface area contributed by atoms with Crippen molar-refractivity contribution in [3.63, 3.8) is 0 Å². The Morgan fingerprint density at radius 3 is 2.31 bits per heavy atom. The van der Waals surface area contributed by atoms with Crippen LogP contribution in [0.25, 0.3) is 0 Å². The van der Waals surface area contributed by atoms with Gasteiger partial charge in [-0.3, -0.25) is 4.79 Å². The molecule has 4 nitrogen and oxygen atoms in total. The molecule has 1 amide bonds. The Hall–Kier alpha value is -1.36. The van der Waals surface area contributed by atoms with Crippen LogP contribution in [0.5, 0.6) is 0 Å². The monoisotopic (exact) mass is 239 g/mol. The van der Waals surface area contributed by atoms with Crippen LogP contribution in [0, 0.1) is 0 Å². The fourth-order valence-corrected chi connectivity index (χ4v) is 2.78. The number of carbonyl (C=O) groups excluding carboxylic acids is 1. The van der Waals surface area contributed by atoms with Crippen molar-refractivity contribution in [3.05, 3.63) is 30.3 Å². The highest BCUT2D eigenvalue weighted by molar-refractivity contribution is 7.92. The molecule has 1 saturated heterocycles. The summed E-state index contributed by atoms with van der Waals surface area (Å²) < 4.78 is 23.7. The minimum absolute atomic E-state index is 0.212. The zero-order chi connectivity index (χ0) is 11.6. The molecule has 0 aliphatic carbocycles. The molecule has 0 unspecified atom stereocenters. The smallest absolute Gasteiger partial charge is 0.238 e. The van der Waals surface area contributed by atoms with Gasteiger partial charge in [0.1, 0.15) is 5.75 Å². The molecule has 1 fully saturated rings. The number of likely N-dealkylation sites (tertiary alicyclic amines) is 1. The van der Waals surface area contributed by atoms with Crippen LogP contribution in [-0.4, -0.2) is 38.1 Å². The van der Waals surface area contributed by atoms with Crippen LogP contribution in [0.3, 0.4) is 0 Å². The Morgan fingerprint density at radius 1 is 1.19 bits per heavy atom. The van der Waals surface area contributed by atoms with Gasteiger partial charge in [0, 0.05) is 13.1 Å². The molecule has 86 valence electrons. The van der Waals surface area contributed by atoms with Crippen LogP contribution in [0.1, 0.15) is 6.42 Å². The van der Waals surface area contributed by atoms with Gasteiger partial charge in [0.15, 0.2) is 9.84 Å². The average molecular weight is 239 g/mol. The topological polar surface area (TPSA) is 54.5 Å². The van der Waals surface area contributed by atoms with Gasteiger partial charge in [0.2, 0.25) is 5.91 Å². The van der Waals surface area contributed by atoms with Crippen LogP contribution in [0.4, 0.5) is 0 Å². The van der Waals surface area contributed by atoms with Crippen molar-refractivity contribution in [2.45, 2.75) is 11.3 Å². The molecule has 0 spiro atoms. The van der Waals surface area contributed by atoms with Crippen LogP contribution < -0.4 is 0 Å². The molecule has 0 radical (unpaired) electrons. The van der Waals surface area contributed by atoms with E-state index in [2.05, 4.69) is 0 Å². The summed E-state index contributed by atoms with van der Waals surface area (Å²) in [5, 5.41) is 0. The Labute approximate surface area is 94.8 Å². The predicted molar refractivity (Wildman–Crippen MR) is 59.7 cm³/mol. The molecule has 5 heteroatoms. The third kappa shape index (κ3) is 2.24. The maximum absolute atomic E-state index is 11.8. The highest BCUT2D eigenvalue weighted by Crippen LogP contribution is 2.13. The number of hydrogen-bond donors (Lipinski definition) is 0. The zero-order valence-electron chi connectivity index (χ0n) is 8.80. The molecular formula is C11H13NO3S. The molecule has 1 aromatic carbocycles. The van der Waals surface area contributed by atoms with Gasteiger partial charge >= 0.3 is 0 Å². The van der Waals surface area contributed by atoms with Crippen molar-refractivity contribution < 1.29 is 13.2 Å². The van der Waals surface area contributed by atoms with E-state index in [4.69, 9.17) is 0 Å². The number of carbonyl (C=O) groups is 1. The van der Waals surface area contributed by atoms with E-state index in [1.807, 2.05) is 0 Å². The first-order chi connectivity index (χ1) is 7.59. The summed E-state index contributed by atoms with van der Waals surface area (Å²) in [6.45, 7) is 1.37. The summed E-state index contributed by atoms with van der Waals surface area (Å²) in [4.78, 5) is 13.3. The van der Waals surface area contributed by atoms with E-state index >= 15 is 0 Å². The molecule has 0 saturated carbocycles. The summed E-state index contributed by atoms with van der Waals surface area (Å²) >= 11 is 0. The first kappa shape index (κ1) is 11.1. The minimum atomic E-state index is -3.47. The maximum atomic E-state index is 11.8. The second kappa shape index (κ2) is 4.25. The lowest BCUT2D eigenvalue weighted by atomic mass is 10.2. The normalized spacial score (nSPS) is 15.6. The lowest BCUT2D eigenvalue weighted by molar-refractivity contribution is -0.131. The molecule has 1 aliphatic rings. The van der Waals surface area contributed by atoms with Gasteiger partial charge in [0.25, 0.3) is 0 Å². The summed E-state index contributed by atoms with van der Waals surface area (Å²) in [5.74, 6) is -0.716. The fourth-order valence-electron chi connectivity index (χ4n) is 1.53. The summed E-state index contributed by atoms with van der Waals surface area (Å²) in [6, 6.07) is 8.08. The molecule has 1 aromatic rings. The third-order valence-corrected chi connectivity index (χ3v) is 4.24. The lowest BCUT2D eigenvalue weighted by Crippen LogP contribution is -2.44. The van der Waals surface area contributed by atoms with Gasteiger partial charge in [-0.1, -0.05) is 18.2 Å². The van der Waals surface area contributed by atoms with Gasteiger partial charge in [0.05, 0.1) is 4.90 Å². The van der Waals surface area contributed by atoms with Crippen LogP contribution in [0.2, 0.25) is 0 Å². The van der Waals surface area contributed by atoms with Crippen molar-refractivity contribution in [2.24, 2.45) is 0 Å². The first-order valence-corrected chi connectivity index (χ1v) is 6.80. The summed E-state index contributed by atoms with van der Waals surface area (Å²) in [6.07, 6.45) is 0.969. The highest BCUT2D eigenvalue weighted by atomic mass is 32.2. The lowest BCUT2D eigenvalue weighted by Gasteiger charge is -2.30. The fraction of sp³-hybridized carbons (Fsp3) is 0.364. The summed E-state index contributed by atoms with van der Waals surface area (Å²) in [7, 11) is -3.47. The number of nitrogens with zero attached hydrogens (tertiary/aromatic N) is 1. The second-order valence-corrected chi connectivity index (χ2v) is 5.80. The number of sulfone groups is 1. The van der Waals surface area contributed by atoms with E-state index in [0.29, 0.717) is 13.1 Å². The highest BCUT2D eigenvalue weighted by Gasteiger charge is 2.26. The van der Waals surface area contributed by atoms with Gasteiger partial charge in [-0.2, -0.15) is 0 Å². The molecule has 1 heterocycles. The largest absolute Gasteiger partial charge is 0.342 e. The van der Waals surface area contributed by atoms with E-state index in [1.165, 1.54) is 12.1 Å². The molecule has 0 bridgehead atoms. The second-order valence-electron chi connectivity index (χ2n) is 3.81. The van der Waals surface area contributed by atoms with Crippen LogP contribution >= 0.6 is 0 Å². The van der Waals surface area contributed by atoms with Gasteiger partial charge in [-0.25, -0.2) is 8.42 Å². The van der Waals surface area contributed by atoms with Gasteiger partial charge < -0.3 is 4.90 Å². The minimum Gasteiger partial charge on any atom is -0.342 e. The SMILES string of the molecule is O=C(CS(=O)(=O)c1ccccc1)N1CCC1. The van der Waals surface area contributed by atoms with E-state index in [1.54, 1.807) is 23.1 Å². The molecule has 0 aromatic heterocycles. The van der Waals surface area contributed by atoms with Gasteiger partial charge in [-0.15, -0.1) is 0 Å². The van der Waals surface area contributed by atoms with Crippen molar-refractivity contribution in [2.75, 3.05) is 18.8 Å². The van der Waals surface area contributed by atoms with Crippen molar-refractivity contribution >= 4 is 15.7 Å². The van der Waals surface area contributed by atoms with E-state index < -0.39 is 15.6 Å². The Morgan fingerprint density at radius 2 is 1.81 bits per heavy atom. The number of amides is 1. The van der Waals surface area contributed by atoms with E-state index in [9.17, 15) is 13.2 Å².